The van der Waals surface area contributed by atoms with Gasteiger partial charge in [0.15, 0.2) is 0 Å². The molecule has 4 aromatic rings. The first-order chi connectivity index (χ1) is 11.8. The summed E-state index contributed by atoms with van der Waals surface area (Å²) in [6.07, 6.45) is 5.07. The lowest BCUT2D eigenvalue weighted by molar-refractivity contribution is 0.416. The number of ether oxygens (including phenoxy) is 1. The maximum atomic E-state index is 5.44. The summed E-state index contributed by atoms with van der Waals surface area (Å²) in [5.74, 6) is 0.785. The SMILES string of the molecule is COc1ccncc1-c1ccc2[nH]nc(-c3cc(C)ncn3)c2c1. The molecule has 6 nitrogen and oxygen atoms in total. The average Bonchev–Trinajstić information content (AvgIpc) is 3.05. The fourth-order valence-corrected chi connectivity index (χ4v) is 2.74. The monoisotopic (exact) mass is 317 g/mol. The zero-order valence-electron chi connectivity index (χ0n) is 13.3. The van der Waals surface area contributed by atoms with Crippen LogP contribution < -0.4 is 4.74 Å². The van der Waals surface area contributed by atoms with Crippen LogP contribution in [0.4, 0.5) is 0 Å². The normalized spacial score (nSPS) is 10.9. The first-order valence-corrected chi connectivity index (χ1v) is 7.52. The smallest absolute Gasteiger partial charge is 0.129 e. The zero-order chi connectivity index (χ0) is 16.5. The van der Waals surface area contributed by atoms with E-state index in [0.717, 1.165) is 44.9 Å². The number of H-pyrrole nitrogens is 1. The van der Waals surface area contributed by atoms with Gasteiger partial charge in [-0.05, 0) is 36.8 Å². The van der Waals surface area contributed by atoms with Crippen molar-refractivity contribution in [2.75, 3.05) is 7.11 Å². The molecule has 4 rings (SSSR count). The van der Waals surface area contributed by atoms with Crippen LogP contribution in [0.3, 0.4) is 0 Å². The Bertz CT molecular complexity index is 1020. The van der Waals surface area contributed by atoms with Crippen molar-refractivity contribution in [1.82, 2.24) is 25.1 Å². The molecule has 3 heterocycles. The number of benzene rings is 1. The predicted molar refractivity (Wildman–Crippen MR) is 91.6 cm³/mol. The standard InChI is InChI=1S/C18H15N5O/c1-11-7-16(21-10-20-11)18-13-8-12(3-4-15(13)22-23-18)14-9-19-6-5-17(14)24-2/h3-10H,1-2H3,(H,22,23). The highest BCUT2D eigenvalue weighted by Crippen LogP contribution is 2.33. The Morgan fingerprint density at radius 2 is 2.00 bits per heavy atom. The highest BCUT2D eigenvalue weighted by Gasteiger charge is 2.13. The third kappa shape index (κ3) is 2.38. The number of pyridine rings is 1. The van der Waals surface area contributed by atoms with Gasteiger partial charge < -0.3 is 4.74 Å². The minimum absolute atomic E-state index is 0.785. The van der Waals surface area contributed by atoms with Crippen LogP contribution in [-0.2, 0) is 0 Å². The van der Waals surface area contributed by atoms with Crippen molar-refractivity contribution in [1.29, 1.82) is 0 Å². The number of nitrogens with zero attached hydrogens (tertiary/aromatic N) is 4. The van der Waals surface area contributed by atoms with E-state index in [2.05, 4.69) is 31.2 Å². The topological polar surface area (TPSA) is 76.6 Å². The summed E-state index contributed by atoms with van der Waals surface area (Å²) < 4.78 is 5.44. The van der Waals surface area contributed by atoms with Crippen LogP contribution >= 0.6 is 0 Å². The molecule has 0 saturated carbocycles. The molecule has 0 unspecified atom stereocenters. The molecule has 0 fully saturated rings. The lowest BCUT2D eigenvalue weighted by Crippen LogP contribution is -1.90. The summed E-state index contributed by atoms with van der Waals surface area (Å²) in [7, 11) is 1.66. The molecule has 0 atom stereocenters. The van der Waals surface area contributed by atoms with Crippen molar-refractivity contribution >= 4 is 10.9 Å². The van der Waals surface area contributed by atoms with Gasteiger partial charge in [-0.3, -0.25) is 10.1 Å². The fraction of sp³-hybridized carbons (Fsp3) is 0.111. The van der Waals surface area contributed by atoms with Gasteiger partial charge in [-0.1, -0.05) is 6.07 Å². The van der Waals surface area contributed by atoms with Crippen molar-refractivity contribution in [3.8, 4) is 28.3 Å². The van der Waals surface area contributed by atoms with Crippen LogP contribution in [0.2, 0.25) is 0 Å². The van der Waals surface area contributed by atoms with Crippen LogP contribution in [0.1, 0.15) is 5.69 Å². The van der Waals surface area contributed by atoms with E-state index in [0.29, 0.717) is 0 Å². The molecule has 3 aromatic heterocycles. The molecule has 6 heteroatoms. The van der Waals surface area contributed by atoms with Crippen molar-refractivity contribution < 1.29 is 4.74 Å². The number of methoxy groups -OCH3 is 1. The Labute approximate surface area is 138 Å². The van der Waals surface area contributed by atoms with E-state index in [-0.39, 0.29) is 0 Å². The highest BCUT2D eigenvalue weighted by atomic mass is 16.5. The molecular weight excluding hydrogens is 302 g/mol. The average molecular weight is 317 g/mol. The first-order valence-electron chi connectivity index (χ1n) is 7.52. The van der Waals surface area contributed by atoms with E-state index in [9.17, 15) is 0 Å². The molecular formula is C18H15N5O. The summed E-state index contributed by atoms with van der Waals surface area (Å²) >= 11 is 0. The molecule has 0 radical (unpaired) electrons. The number of aromatic amines is 1. The Morgan fingerprint density at radius 3 is 2.83 bits per heavy atom. The minimum Gasteiger partial charge on any atom is -0.496 e. The number of nitrogens with one attached hydrogen (secondary N) is 1. The maximum Gasteiger partial charge on any atom is 0.129 e. The molecule has 1 N–H and O–H groups in total. The molecule has 0 saturated heterocycles. The molecule has 118 valence electrons. The minimum atomic E-state index is 0.785. The van der Waals surface area contributed by atoms with Gasteiger partial charge in [0.25, 0.3) is 0 Å². The van der Waals surface area contributed by atoms with Gasteiger partial charge in [0.05, 0.1) is 18.3 Å². The van der Waals surface area contributed by atoms with E-state index >= 15 is 0 Å². The molecule has 0 aliphatic heterocycles. The zero-order valence-corrected chi connectivity index (χ0v) is 13.3. The van der Waals surface area contributed by atoms with Crippen molar-refractivity contribution in [2.45, 2.75) is 6.92 Å². The second-order valence-corrected chi connectivity index (χ2v) is 5.45. The van der Waals surface area contributed by atoms with Gasteiger partial charge in [0.1, 0.15) is 17.8 Å². The molecule has 24 heavy (non-hydrogen) atoms. The number of aryl methyl sites for hydroxylation is 1. The number of aromatic nitrogens is 5. The quantitative estimate of drug-likeness (QED) is 0.626. The van der Waals surface area contributed by atoms with Crippen LogP contribution in [0.15, 0.2) is 49.1 Å². The number of hydrogen-bond donors (Lipinski definition) is 1. The van der Waals surface area contributed by atoms with E-state index < -0.39 is 0 Å². The Morgan fingerprint density at radius 1 is 1.08 bits per heavy atom. The van der Waals surface area contributed by atoms with Gasteiger partial charge in [-0.2, -0.15) is 5.10 Å². The van der Waals surface area contributed by atoms with Crippen LogP contribution in [0.5, 0.6) is 5.75 Å². The molecule has 1 aromatic carbocycles. The lowest BCUT2D eigenvalue weighted by atomic mass is 10.0. The second kappa shape index (κ2) is 5.73. The van der Waals surface area contributed by atoms with Gasteiger partial charge in [-0.15, -0.1) is 0 Å². The number of fused-ring (bicyclic) bond motifs is 1. The first kappa shape index (κ1) is 14.3. The molecule has 0 aliphatic rings. The van der Waals surface area contributed by atoms with Crippen LogP contribution in [0.25, 0.3) is 33.4 Å². The Balaban J connectivity index is 1.90. The van der Waals surface area contributed by atoms with Crippen molar-refractivity contribution in [2.24, 2.45) is 0 Å². The van der Waals surface area contributed by atoms with Crippen LogP contribution in [-0.4, -0.2) is 32.3 Å². The summed E-state index contributed by atoms with van der Waals surface area (Å²) in [4.78, 5) is 12.7. The predicted octanol–water partition coefficient (Wildman–Crippen LogP) is 3.40. The second-order valence-electron chi connectivity index (χ2n) is 5.45. The van der Waals surface area contributed by atoms with Crippen molar-refractivity contribution in [3.63, 3.8) is 0 Å². The molecule has 0 bridgehead atoms. The van der Waals surface area contributed by atoms with E-state index in [1.807, 2.05) is 31.2 Å². The molecule has 0 aliphatic carbocycles. The summed E-state index contributed by atoms with van der Waals surface area (Å²) in [5.41, 5.74) is 5.41. The Kier molecular flexibility index (Phi) is 3.42. The maximum absolute atomic E-state index is 5.44. The van der Waals surface area contributed by atoms with Gasteiger partial charge >= 0.3 is 0 Å². The van der Waals surface area contributed by atoms with Gasteiger partial charge in [-0.25, -0.2) is 9.97 Å². The third-order valence-corrected chi connectivity index (χ3v) is 3.92. The van der Waals surface area contributed by atoms with E-state index in [1.165, 1.54) is 0 Å². The number of hydrogen-bond acceptors (Lipinski definition) is 5. The number of rotatable bonds is 3. The van der Waals surface area contributed by atoms with E-state index in [4.69, 9.17) is 4.74 Å². The largest absolute Gasteiger partial charge is 0.496 e. The van der Waals surface area contributed by atoms with E-state index in [1.54, 1.807) is 25.8 Å². The third-order valence-electron chi connectivity index (χ3n) is 3.92. The highest BCUT2D eigenvalue weighted by molar-refractivity contribution is 5.95. The van der Waals surface area contributed by atoms with Crippen LogP contribution in [0, 0.1) is 6.92 Å². The van der Waals surface area contributed by atoms with Gasteiger partial charge in [0.2, 0.25) is 0 Å². The van der Waals surface area contributed by atoms with Gasteiger partial charge in [0, 0.05) is 29.0 Å². The molecule has 0 amide bonds. The Hall–Kier alpha value is -3.28. The summed E-state index contributed by atoms with van der Waals surface area (Å²) in [6.45, 7) is 1.94. The summed E-state index contributed by atoms with van der Waals surface area (Å²) in [6, 6.07) is 9.87. The van der Waals surface area contributed by atoms with Crippen molar-refractivity contribution in [3.05, 3.63) is 54.7 Å². The molecule has 0 spiro atoms. The lowest BCUT2D eigenvalue weighted by Gasteiger charge is -2.08. The summed E-state index contributed by atoms with van der Waals surface area (Å²) in [5, 5.41) is 8.47. The fourth-order valence-electron chi connectivity index (χ4n) is 2.74.